The van der Waals surface area contributed by atoms with Gasteiger partial charge in [-0.1, -0.05) is 31.9 Å². The van der Waals surface area contributed by atoms with Crippen LogP contribution in [0.5, 0.6) is 0 Å². The van der Waals surface area contributed by atoms with Crippen molar-refractivity contribution in [2.45, 2.75) is 45.6 Å². The highest BCUT2D eigenvalue weighted by Crippen LogP contribution is 2.38. The summed E-state index contributed by atoms with van der Waals surface area (Å²) in [6, 6.07) is 8.38. The van der Waals surface area contributed by atoms with Gasteiger partial charge in [0.05, 0.1) is 0 Å². The first kappa shape index (κ1) is 14.1. The van der Waals surface area contributed by atoms with Gasteiger partial charge in [-0.2, -0.15) is 0 Å². The highest BCUT2D eigenvalue weighted by molar-refractivity contribution is 5.95. The van der Waals surface area contributed by atoms with E-state index >= 15 is 0 Å². The standard InChI is InChI=1S/C16H24N2O/c1-12(17-3)13-7-6-8-14(11-13)18-15(19)16(2)9-4-5-10-16/h6-8,11-12,17H,4-5,9-10H2,1-3H3,(H,18,19). The Morgan fingerprint density at radius 1 is 1.32 bits per heavy atom. The fourth-order valence-electron chi connectivity index (χ4n) is 2.72. The van der Waals surface area contributed by atoms with Gasteiger partial charge < -0.3 is 10.6 Å². The predicted octanol–water partition coefficient (Wildman–Crippen LogP) is 3.49. The second-order valence-electron chi connectivity index (χ2n) is 5.86. The van der Waals surface area contributed by atoms with E-state index in [2.05, 4.69) is 36.6 Å². The Labute approximate surface area is 115 Å². The zero-order chi connectivity index (χ0) is 13.9. The number of anilines is 1. The van der Waals surface area contributed by atoms with Crippen LogP contribution < -0.4 is 10.6 Å². The third-order valence-corrected chi connectivity index (χ3v) is 4.33. The van der Waals surface area contributed by atoms with Crippen LogP contribution in [0.3, 0.4) is 0 Å². The zero-order valence-electron chi connectivity index (χ0n) is 12.1. The molecule has 1 amide bonds. The van der Waals surface area contributed by atoms with Crippen LogP contribution in [-0.2, 0) is 4.79 Å². The monoisotopic (exact) mass is 260 g/mol. The minimum Gasteiger partial charge on any atom is -0.326 e. The lowest BCUT2D eigenvalue weighted by molar-refractivity contribution is -0.124. The van der Waals surface area contributed by atoms with Gasteiger partial charge in [-0.3, -0.25) is 4.79 Å². The SMILES string of the molecule is CNC(C)c1cccc(NC(=O)C2(C)CCCC2)c1. The molecule has 0 aromatic heterocycles. The summed E-state index contributed by atoms with van der Waals surface area (Å²) >= 11 is 0. The predicted molar refractivity (Wildman–Crippen MR) is 79.1 cm³/mol. The van der Waals surface area contributed by atoms with Crippen molar-refractivity contribution in [2.75, 3.05) is 12.4 Å². The van der Waals surface area contributed by atoms with Crippen molar-refractivity contribution in [3.63, 3.8) is 0 Å². The molecule has 0 spiro atoms. The van der Waals surface area contributed by atoms with Crippen LogP contribution in [0.15, 0.2) is 24.3 Å². The van der Waals surface area contributed by atoms with E-state index < -0.39 is 0 Å². The number of nitrogens with one attached hydrogen (secondary N) is 2. The third kappa shape index (κ3) is 3.16. The average molecular weight is 260 g/mol. The lowest BCUT2D eigenvalue weighted by atomic mass is 9.88. The van der Waals surface area contributed by atoms with Gasteiger partial charge >= 0.3 is 0 Å². The molecule has 1 aromatic rings. The molecular formula is C16H24N2O. The molecule has 0 radical (unpaired) electrons. The minimum atomic E-state index is -0.176. The van der Waals surface area contributed by atoms with Crippen LogP contribution in [0, 0.1) is 5.41 Å². The minimum absolute atomic E-state index is 0.166. The molecule has 1 aliphatic carbocycles. The van der Waals surface area contributed by atoms with Crippen molar-refractivity contribution in [1.29, 1.82) is 0 Å². The molecule has 1 saturated carbocycles. The third-order valence-electron chi connectivity index (χ3n) is 4.33. The van der Waals surface area contributed by atoms with Crippen molar-refractivity contribution >= 4 is 11.6 Å². The molecule has 0 heterocycles. The van der Waals surface area contributed by atoms with E-state index in [1.54, 1.807) is 0 Å². The summed E-state index contributed by atoms with van der Waals surface area (Å²) < 4.78 is 0. The maximum absolute atomic E-state index is 12.4. The molecule has 0 saturated heterocycles. The molecule has 1 aliphatic rings. The molecule has 19 heavy (non-hydrogen) atoms. The fourth-order valence-corrected chi connectivity index (χ4v) is 2.72. The Bertz CT molecular complexity index is 450. The maximum atomic E-state index is 12.4. The van der Waals surface area contributed by atoms with Gasteiger partial charge in [-0.25, -0.2) is 0 Å². The van der Waals surface area contributed by atoms with E-state index in [0.717, 1.165) is 18.5 Å². The van der Waals surface area contributed by atoms with Gasteiger partial charge in [-0.15, -0.1) is 0 Å². The molecule has 1 unspecified atom stereocenters. The smallest absolute Gasteiger partial charge is 0.230 e. The van der Waals surface area contributed by atoms with Gasteiger partial charge in [0, 0.05) is 17.1 Å². The van der Waals surface area contributed by atoms with Gasteiger partial charge in [0.1, 0.15) is 0 Å². The molecule has 0 bridgehead atoms. The molecule has 2 N–H and O–H groups in total. The van der Waals surface area contributed by atoms with E-state index in [9.17, 15) is 4.79 Å². The Morgan fingerprint density at radius 2 is 2.00 bits per heavy atom. The average Bonchev–Trinajstić information content (AvgIpc) is 2.86. The van der Waals surface area contributed by atoms with Crippen LogP contribution in [0.1, 0.15) is 51.1 Å². The van der Waals surface area contributed by atoms with Gasteiger partial charge in [0.2, 0.25) is 5.91 Å². The summed E-state index contributed by atoms with van der Waals surface area (Å²) in [4.78, 5) is 12.4. The van der Waals surface area contributed by atoms with Crippen LogP contribution in [-0.4, -0.2) is 13.0 Å². The molecule has 3 nitrogen and oxygen atoms in total. The van der Waals surface area contributed by atoms with Crippen LogP contribution in [0.4, 0.5) is 5.69 Å². The largest absolute Gasteiger partial charge is 0.326 e. The van der Waals surface area contributed by atoms with Crippen LogP contribution in [0.25, 0.3) is 0 Å². The molecule has 3 heteroatoms. The second kappa shape index (κ2) is 5.74. The number of amides is 1. The maximum Gasteiger partial charge on any atom is 0.230 e. The Morgan fingerprint density at radius 3 is 2.63 bits per heavy atom. The molecular weight excluding hydrogens is 236 g/mol. The second-order valence-corrected chi connectivity index (χ2v) is 5.86. The van der Waals surface area contributed by atoms with Crippen LogP contribution in [0.2, 0.25) is 0 Å². The summed E-state index contributed by atoms with van der Waals surface area (Å²) in [5.74, 6) is 0.166. The molecule has 1 fully saturated rings. The highest BCUT2D eigenvalue weighted by atomic mass is 16.2. The van der Waals surface area contributed by atoms with E-state index in [1.807, 2.05) is 19.2 Å². The number of hydrogen-bond donors (Lipinski definition) is 2. The van der Waals surface area contributed by atoms with Crippen molar-refractivity contribution in [3.8, 4) is 0 Å². The Balaban J connectivity index is 2.08. The number of benzene rings is 1. The summed E-state index contributed by atoms with van der Waals surface area (Å²) in [7, 11) is 1.94. The van der Waals surface area contributed by atoms with Crippen molar-refractivity contribution in [1.82, 2.24) is 5.32 Å². The Kier molecular flexibility index (Phi) is 4.25. The lowest BCUT2D eigenvalue weighted by Crippen LogP contribution is -2.30. The van der Waals surface area contributed by atoms with Gasteiger partial charge in [0.15, 0.2) is 0 Å². The van der Waals surface area contributed by atoms with Crippen LogP contribution >= 0.6 is 0 Å². The molecule has 2 rings (SSSR count). The van der Waals surface area contributed by atoms with Gasteiger partial charge in [0.25, 0.3) is 0 Å². The number of rotatable bonds is 4. The summed E-state index contributed by atoms with van der Waals surface area (Å²) in [5.41, 5.74) is 1.92. The normalized spacial score (nSPS) is 19.1. The Hall–Kier alpha value is -1.35. The lowest BCUT2D eigenvalue weighted by Gasteiger charge is -2.22. The van der Waals surface area contributed by atoms with Crippen molar-refractivity contribution in [3.05, 3.63) is 29.8 Å². The number of hydrogen-bond acceptors (Lipinski definition) is 2. The quantitative estimate of drug-likeness (QED) is 0.870. The summed E-state index contributed by atoms with van der Waals surface area (Å²) in [5, 5.41) is 6.29. The highest BCUT2D eigenvalue weighted by Gasteiger charge is 2.36. The van der Waals surface area contributed by atoms with E-state index in [-0.39, 0.29) is 11.3 Å². The van der Waals surface area contributed by atoms with Crippen molar-refractivity contribution in [2.24, 2.45) is 5.41 Å². The first-order valence-electron chi connectivity index (χ1n) is 7.14. The topological polar surface area (TPSA) is 41.1 Å². The summed E-state index contributed by atoms with van der Waals surface area (Å²) in [6.07, 6.45) is 4.35. The molecule has 0 aliphatic heterocycles. The first-order chi connectivity index (χ1) is 9.05. The van der Waals surface area contributed by atoms with E-state index in [4.69, 9.17) is 0 Å². The molecule has 1 atom stereocenters. The number of carbonyl (C=O) groups is 1. The van der Waals surface area contributed by atoms with Gasteiger partial charge in [-0.05, 0) is 44.5 Å². The molecule has 104 valence electrons. The first-order valence-corrected chi connectivity index (χ1v) is 7.14. The van der Waals surface area contributed by atoms with Crippen molar-refractivity contribution < 1.29 is 4.79 Å². The molecule has 1 aromatic carbocycles. The van der Waals surface area contributed by atoms with E-state index in [1.165, 1.54) is 18.4 Å². The zero-order valence-corrected chi connectivity index (χ0v) is 12.1. The fraction of sp³-hybridized carbons (Fsp3) is 0.562. The van der Waals surface area contributed by atoms with E-state index in [0.29, 0.717) is 6.04 Å². The number of carbonyl (C=O) groups excluding carboxylic acids is 1. The summed E-state index contributed by atoms with van der Waals surface area (Å²) in [6.45, 7) is 4.19.